The van der Waals surface area contributed by atoms with Crippen LogP contribution in [-0.2, 0) is 20.6 Å². The van der Waals surface area contributed by atoms with Gasteiger partial charge in [-0.2, -0.15) is 0 Å². The molecule has 0 aromatic heterocycles. The Hall–Kier alpha value is -2.50. The van der Waals surface area contributed by atoms with Crippen LogP contribution in [0.1, 0.15) is 75.9 Å². The molecule has 4 nitrogen and oxygen atoms in total. The van der Waals surface area contributed by atoms with E-state index in [4.69, 9.17) is 14.2 Å². The monoisotopic (exact) mass is 540 g/mol. The number of ether oxygens (including phenoxy) is 3. The van der Waals surface area contributed by atoms with Crippen molar-refractivity contribution in [1.82, 2.24) is 0 Å². The van der Waals surface area contributed by atoms with Crippen LogP contribution in [0.2, 0.25) is 0 Å². The Bertz CT molecular complexity index is 1260. The molecular formula is C36H44O4. The van der Waals surface area contributed by atoms with Gasteiger partial charge in [-0.1, -0.05) is 112 Å². The Morgan fingerprint density at radius 1 is 0.875 bits per heavy atom. The fraction of sp³-hybridized carbons (Fsp3) is 0.500. The molecule has 1 aliphatic heterocycles. The zero-order valence-electron chi connectivity index (χ0n) is 24.3. The summed E-state index contributed by atoms with van der Waals surface area (Å²) in [6.07, 6.45) is 3.14. The first-order chi connectivity index (χ1) is 19.2. The van der Waals surface area contributed by atoms with Gasteiger partial charge in [-0.3, -0.25) is 0 Å². The van der Waals surface area contributed by atoms with Crippen molar-refractivity contribution in [2.45, 2.75) is 83.6 Å². The molecule has 1 unspecified atom stereocenters. The maximum atomic E-state index is 10.6. The summed E-state index contributed by atoms with van der Waals surface area (Å²) in [5.41, 5.74) is 2.87. The van der Waals surface area contributed by atoms with Gasteiger partial charge in [-0.15, -0.1) is 0 Å². The minimum Gasteiger partial charge on any atom is -0.393 e. The highest BCUT2D eigenvalue weighted by Crippen LogP contribution is 2.71. The average Bonchev–Trinajstić information content (AvgIpc) is 3.55. The van der Waals surface area contributed by atoms with Gasteiger partial charge in [0, 0.05) is 12.8 Å². The molecule has 1 saturated heterocycles. The second-order valence-corrected chi connectivity index (χ2v) is 13.4. The second-order valence-electron chi connectivity index (χ2n) is 13.4. The molecule has 40 heavy (non-hydrogen) atoms. The minimum atomic E-state index is -0.804. The summed E-state index contributed by atoms with van der Waals surface area (Å²) in [4.78, 5) is 0. The molecule has 2 aliphatic carbocycles. The van der Waals surface area contributed by atoms with E-state index in [-0.39, 0.29) is 24.4 Å². The van der Waals surface area contributed by atoms with Crippen LogP contribution in [-0.4, -0.2) is 29.7 Å². The Labute approximate surface area is 239 Å². The highest BCUT2D eigenvalue weighted by Gasteiger charge is 2.69. The first kappa shape index (κ1) is 27.7. The van der Waals surface area contributed by atoms with Gasteiger partial charge in [0.2, 0.25) is 0 Å². The fourth-order valence-corrected chi connectivity index (χ4v) is 8.12. The molecule has 3 aromatic carbocycles. The number of hydrogen-bond donors (Lipinski definition) is 1. The lowest BCUT2D eigenvalue weighted by molar-refractivity contribution is -0.230. The topological polar surface area (TPSA) is 47.9 Å². The van der Waals surface area contributed by atoms with Crippen LogP contribution < -0.4 is 0 Å². The quantitative estimate of drug-likeness (QED) is 0.286. The average molecular weight is 541 g/mol. The van der Waals surface area contributed by atoms with Crippen molar-refractivity contribution in [3.8, 4) is 0 Å². The summed E-state index contributed by atoms with van der Waals surface area (Å²) in [5, 5.41) is 10.6. The third-order valence-corrected chi connectivity index (χ3v) is 10.7. The molecule has 1 heterocycles. The zero-order chi connectivity index (χ0) is 28.0. The van der Waals surface area contributed by atoms with Crippen molar-refractivity contribution in [2.75, 3.05) is 6.61 Å². The SMILES string of the molecule is CC(CO)(Cc1ccccc1)O[C@@H](c1ccccc1)[C@H](O[C@H]1C[C@@H]2[C@H]3CC[C@@](C)([C@@H]2O1)C3(C)C)c1ccccc1. The van der Waals surface area contributed by atoms with Crippen molar-refractivity contribution >= 4 is 0 Å². The van der Waals surface area contributed by atoms with Crippen molar-refractivity contribution in [2.24, 2.45) is 22.7 Å². The van der Waals surface area contributed by atoms with Crippen molar-refractivity contribution in [1.29, 1.82) is 0 Å². The maximum absolute atomic E-state index is 10.6. The molecule has 0 spiro atoms. The smallest absolute Gasteiger partial charge is 0.159 e. The first-order valence-electron chi connectivity index (χ1n) is 15.0. The summed E-state index contributed by atoms with van der Waals surface area (Å²) >= 11 is 0. The molecule has 212 valence electrons. The summed E-state index contributed by atoms with van der Waals surface area (Å²) in [7, 11) is 0. The third-order valence-electron chi connectivity index (χ3n) is 10.7. The number of rotatable bonds is 10. The summed E-state index contributed by atoms with van der Waals surface area (Å²) in [6.45, 7) is 9.20. The van der Waals surface area contributed by atoms with Crippen molar-refractivity contribution in [3.05, 3.63) is 108 Å². The van der Waals surface area contributed by atoms with Crippen LogP contribution in [0.25, 0.3) is 0 Å². The van der Waals surface area contributed by atoms with E-state index in [0.717, 1.165) is 23.1 Å². The number of fused-ring (bicyclic) bond motifs is 5. The van der Waals surface area contributed by atoms with E-state index in [1.54, 1.807) is 0 Å². The van der Waals surface area contributed by atoms with Gasteiger partial charge < -0.3 is 19.3 Å². The van der Waals surface area contributed by atoms with E-state index >= 15 is 0 Å². The first-order valence-corrected chi connectivity index (χ1v) is 15.0. The Balaban J connectivity index is 1.32. The lowest BCUT2D eigenvalue weighted by Crippen LogP contribution is -2.40. The Morgan fingerprint density at radius 2 is 1.45 bits per heavy atom. The van der Waals surface area contributed by atoms with Crippen LogP contribution in [0.5, 0.6) is 0 Å². The fourth-order valence-electron chi connectivity index (χ4n) is 8.12. The third kappa shape index (κ3) is 4.83. The number of benzene rings is 3. The second kappa shape index (κ2) is 10.7. The molecule has 4 heteroatoms. The summed E-state index contributed by atoms with van der Waals surface area (Å²) in [6, 6.07) is 30.9. The summed E-state index contributed by atoms with van der Waals surface area (Å²) < 4.78 is 20.8. The maximum Gasteiger partial charge on any atom is 0.159 e. The molecule has 0 radical (unpaired) electrons. The number of hydrogen-bond acceptors (Lipinski definition) is 4. The molecule has 1 N–H and O–H groups in total. The standard InChI is InChI=1S/C36H44O4/c1-34(2)29-20-21-36(34,4)33-28(29)22-30(39-33)38-31(26-16-10-6-11-17-26)32(27-18-12-7-13-19-27)40-35(3,24-37)23-25-14-8-5-9-15-25/h5-19,28-33,37H,20-24H2,1-4H3/t28-,29-,30-,31-,32+,33-,35?,36+/m1/s1. The van der Waals surface area contributed by atoms with E-state index in [2.05, 4.69) is 69.3 Å². The molecule has 6 rings (SSSR count). The van der Waals surface area contributed by atoms with Gasteiger partial charge in [0.1, 0.15) is 12.2 Å². The van der Waals surface area contributed by atoms with Crippen LogP contribution in [0, 0.1) is 22.7 Å². The predicted molar refractivity (Wildman–Crippen MR) is 158 cm³/mol. The van der Waals surface area contributed by atoms with Crippen molar-refractivity contribution < 1.29 is 19.3 Å². The van der Waals surface area contributed by atoms with E-state index in [0.29, 0.717) is 23.7 Å². The molecule has 3 fully saturated rings. The molecule has 3 aromatic rings. The zero-order valence-corrected chi connectivity index (χ0v) is 24.3. The largest absolute Gasteiger partial charge is 0.393 e. The molecular weight excluding hydrogens is 496 g/mol. The highest BCUT2D eigenvalue weighted by molar-refractivity contribution is 5.26. The highest BCUT2D eigenvalue weighted by atomic mass is 16.7. The van der Waals surface area contributed by atoms with Crippen molar-refractivity contribution in [3.63, 3.8) is 0 Å². The van der Waals surface area contributed by atoms with Gasteiger partial charge in [0.15, 0.2) is 6.29 Å². The van der Waals surface area contributed by atoms with Gasteiger partial charge >= 0.3 is 0 Å². The van der Waals surface area contributed by atoms with E-state index < -0.39 is 17.8 Å². The van der Waals surface area contributed by atoms with Gasteiger partial charge in [0.25, 0.3) is 0 Å². The molecule has 0 amide bonds. The Kier molecular flexibility index (Phi) is 7.41. The lowest BCUT2D eigenvalue weighted by Gasteiger charge is -2.40. The predicted octanol–water partition coefficient (Wildman–Crippen LogP) is 7.68. The van der Waals surface area contributed by atoms with E-state index in [9.17, 15) is 5.11 Å². The van der Waals surface area contributed by atoms with Crippen LogP contribution in [0.15, 0.2) is 91.0 Å². The molecule has 3 aliphatic rings. The van der Waals surface area contributed by atoms with Crippen LogP contribution in [0.4, 0.5) is 0 Å². The van der Waals surface area contributed by atoms with E-state index in [1.807, 2.05) is 49.4 Å². The molecule has 2 saturated carbocycles. The van der Waals surface area contributed by atoms with Gasteiger partial charge in [-0.25, -0.2) is 0 Å². The minimum absolute atomic E-state index is 0.105. The normalized spacial score (nSPS) is 31.4. The number of aliphatic hydroxyl groups is 1. The Morgan fingerprint density at radius 3 is 2.02 bits per heavy atom. The van der Waals surface area contributed by atoms with Gasteiger partial charge in [0.05, 0.1) is 18.3 Å². The summed E-state index contributed by atoms with van der Waals surface area (Å²) in [5.74, 6) is 1.21. The molecule has 2 bridgehead atoms. The lowest BCUT2D eigenvalue weighted by atomic mass is 9.70. The number of aliphatic hydroxyl groups excluding tert-OH is 1. The van der Waals surface area contributed by atoms with E-state index in [1.165, 1.54) is 12.8 Å². The van der Waals surface area contributed by atoms with Crippen LogP contribution >= 0.6 is 0 Å². The van der Waals surface area contributed by atoms with Crippen LogP contribution in [0.3, 0.4) is 0 Å². The molecule has 8 atom stereocenters. The van der Waals surface area contributed by atoms with Gasteiger partial charge in [-0.05, 0) is 59.1 Å².